The SMILES string of the molecule is Cl.O=C(C1CCOCC1)N1CCNCC1c1ccccc1Cl. The van der Waals surface area contributed by atoms with Crippen molar-refractivity contribution in [3.8, 4) is 0 Å². The van der Waals surface area contributed by atoms with Gasteiger partial charge in [-0.2, -0.15) is 0 Å². The molecule has 4 nitrogen and oxygen atoms in total. The first-order valence-electron chi connectivity index (χ1n) is 7.61. The van der Waals surface area contributed by atoms with Crippen molar-refractivity contribution in [2.75, 3.05) is 32.8 Å². The zero-order chi connectivity index (χ0) is 14.7. The Labute approximate surface area is 142 Å². The highest BCUT2D eigenvalue weighted by molar-refractivity contribution is 6.31. The van der Waals surface area contributed by atoms with Crippen LogP contribution in [0.2, 0.25) is 5.02 Å². The van der Waals surface area contributed by atoms with Crippen molar-refractivity contribution in [1.29, 1.82) is 0 Å². The molecule has 2 aliphatic rings. The molecule has 0 spiro atoms. The Morgan fingerprint density at radius 2 is 2.00 bits per heavy atom. The smallest absolute Gasteiger partial charge is 0.226 e. The van der Waals surface area contributed by atoms with Crippen LogP contribution in [-0.4, -0.2) is 43.7 Å². The van der Waals surface area contributed by atoms with Crippen LogP contribution < -0.4 is 5.32 Å². The number of nitrogens with one attached hydrogen (secondary N) is 1. The van der Waals surface area contributed by atoms with Crippen molar-refractivity contribution in [2.45, 2.75) is 18.9 Å². The number of benzene rings is 1. The lowest BCUT2D eigenvalue weighted by Gasteiger charge is -2.39. The summed E-state index contributed by atoms with van der Waals surface area (Å²) in [5.74, 6) is 0.353. The van der Waals surface area contributed by atoms with Gasteiger partial charge in [-0.3, -0.25) is 4.79 Å². The zero-order valence-electron chi connectivity index (χ0n) is 12.5. The van der Waals surface area contributed by atoms with Crippen molar-refractivity contribution in [2.24, 2.45) is 5.92 Å². The fourth-order valence-electron chi connectivity index (χ4n) is 3.17. The van der Waals surface area contributed by atoms with Crippen molar-refractivity contribution < 1.29 is 9.53 Å². The third kappa shape index (κ3) is 3.74. The highest BCUT2D eigenvalue weighted by Gasteiger charge is 2.33. The van der Waals surface area contributed by atoms with E-state index in [-0.39, 0.29) is 30.3 Å². The summed E-state index contributed by atoms with van der Waals surface area (Å²) in [6.07, 6.45) is 1.66. The van der Waals surface area contributed by atoms with Crippen LogP contribution in [0.15, 0.2) is 24.3 Å². The van der Waals surface area contributed by atoms with E-state index < -0.39 is 0 Å². The van der Waals surface area contributed by atoms with Gasteiger partial charge in [-0.25, -0.2) is 0 Å². The summed E-state index contributed by atoms with van der Waals surface area (Å²) in [7, 11) is 0. The number of carbonyl (C=O) groups is 1. The van der Waals surface area contributed by atoms with Crippen molar-refractivity contribution in [3.05, 3.63) is 34.9 Å². The molecule has 2 fully saturated rings. The number of carbonyl (C=O) groups excluding carboxylic acids is 1. The summed E-state index contributed by atoms with van der Waals surface area (Å²) < 4.78 is 5.36. The molecule has 0 aromatic heterocycles. The van der Waals surface area contributed by atoms with Crippen LogP contribution >= 0.6 is 24.0 Å². The molecule has 1 N–H and O–H groups in total. The normalized spacial score (nSPS) is 23.0. The molecule has 1 aromatic rings. The molecule has 6 heteroatoms. The summed E-state index contributed by atoms with van der Waals surface area (Å²) >= 11 is 6.33. The van der Waals surface area contributed by atoms with Gasteiger partial charge in [-0.05, 0) is 24.5 Å². The number of halogens is 2. The van der Waals surface area contributed by atoms with Gasteiger partial charge < -0.3 is 15.0 Å². The number of piperazine rings is 1. The average Bonchev–Trinajstić information content (AvgIpc) is 2.55. The highest BCUT2D eigenvalue weighted by Crippen LogP contribution is 2.30. The molecule has 22 heavy (non-hydrogen) atoms. The maximum Gasteiger partial charge on any atom is 0.226 e. The molecule has 2 saturated heterocycles. The summed E-state index contributed by atoms with van der Waals surface area (Å²) in [5.41, 5.74) is 1.03. The molecule has 0 saturated carbocycles. The molecule has 3 rings (SSSR count). The lowest BCUT2D eigenvalue weighted by Crippen LogP contribution is -2.51. The van der Waals surface area contributed by atoms with Gasteiger partial charge in [0.05, 0.1) is 6.04 Å². The van der Waals surface area contributed by atoms with E-state index in [0.717, 1.165) is 43.1 Å². The lowest BCUT2D eigenvalue weighted by atomic mass is 9.95. The van der Waals surface area contributed by atoms with Gasteiger partial charge in [-0.15, -0.1) is 12.4 Å². The molecule has 1 unspecified atom stereocenters. The number of ether oxygens (including phenoxy) is 1. The average molecular weight is 345 g/mol. The Morgan fingerprint density at radius 3 is 2.73 bits per heavy atom. The van der Waals surface area contributed by atoms with Crippen LogP contribution in [0.5, 0.6) is 0 Å². The number of hydrogen-bond acceptors (Lipinski definition) is 3. The summed E-state index contributed by atoms with van der Waals surface area (Å²) in [6.45, 7) is 3.74. The molecule has 0 bridgehead atoms. The predicted octanol–water partition coefficient (Wildman–Crippen LogP) is 2.66. The van der Waals surface area contributed by atoms with Gasteiger partial charge in [0, 0.05) is 43.8 Å². The third-order valence-corrected chi connectivity index (χ3v) is 4.71. The molecule has 0 aliphatic carbocycles. The largest absolute Gasteiger partial charge is 0.381 e. The topological polar surface area (TPSA) is 41.6 Å². The third-order valence-electron chi connectivity index (χ3n) is 4.36. The number of amides is 1. The minimum absolute atomic E-state index is 0. The van der Waals surface area contributed by atoms with Crippen LogP contribution in [0.4, 0.5) is 0 Å². The minimum Gasteiger partial charge on any atom is -0.381 e. The van der Waals surface area contributed by atoms with Gasteiger partial charge in [-0.1, -0.05) is 29.8 Å². The molecule has 0 radical (unpaired) electrons. The molecular weight excluding hydrogens is 323 g/mol. The van der Waals surface area contributed by atoms with E-state index in [1.165, 1.54) is 0 Å². The molecular formula is C16H22Cl2N2O2. The number of nitrogens with zero attached hydrogens (tertiary/aromatic N) is 1. The van der Waals surface area contributed by atoms with Gasteiger partial charge in [0.25, 0.3) is 0 Å². The molecule has 1 atom stereocenters. The van der Waals surface area contributed by atoms with E-state index in [9.17, 15) is 4.79 Å². The highest BCUT2D eigenvalue weighted by atomic mass is 35.5. The first-order chi connectivity index (χ1) is 10.3. The first-order valence-corrected chi connectivity index (χ1v) is 7.98. The van der Waals surface area contributed by atoms with Crippen molar-refractivity contribution >= 4 is 29.9 Å². The van der Waals surface area contributed by atoms with Crippen molar-refractivity contribution in [3.63, 3.8) is 0 Å². The van der Waals surface area contributed by atoms with Crippen molar-refractivity contribution in [1.82, 2.24) is 10.2 Å². The van der Waals surface area contributed by atoms with Crippen LogP contribution in [0.3, 0.4) is 0 Å². The van der Waals surface area contributed by atoms with Crippen LogP contribution in [0, 0.1) is 5.92 Å². The summed E-state index contributed by atoms with van der Waals surface area (Å²) in [5, 5.41) is 4.10. The summed E-state index contributed by atoms with van der Waals surface area (Å²) in [4.78, 5) is 14.9. The second kappa shape index (κ2) is 8.16. The van der Waals surface area contributed by atoms with E-state index in [1.54, 1.807) is 0 Å². The van der Waals surface area contributed by atoms with E-state index in [0.29, 0.717) is 13.2 Å². The Hall–Kier alpha value is -0.810. The fraction of sp³-hybridized carbons (Fsp3) is 0.562. The predicted molar refractivity (Wildman–Crippen MR) is 89.6 cm³/mol. The van der Waals surface area contributed by atoms with Crippen LogP contribution in [0.1, 0.15) is 24.4 Å². The lowest BCUT2D eigenvalue weighted by molar-refractivity contribution is -0.142. The summed E-state index contributed by atoms with van der Waals surface area (Å²) in [6, 6.07) is 7.84. The van der Waals surface area contributed by atoms with E-state index in [4.69, 9.17) is 16.3 Å². The van der Waals surface area contributed by atoms with E-state index >= 15 is 0 Å². The monoisotopic (exact) mass is 344 g/mol. The molecule has 2 aliphatic heterocycles. The Kier molecular flexibility index (Phi) is 6.50. The van der Waals surface area contributed by atoms with E-state index in [1.807, 2.05) is 29.2 Å². The van der Waals surface area contributed by atoms with Crippen LogP contribution in [-0.2, 0) is 9.53 Å². The van der Waals surface area contributed by atoms with Gasteiger partial charge in [0.15, 0.2) is 0 Å². The Balaban J connectivity index is 0.00000176. The zero-order valence-corrected chi connectivity index (χ0v) is 14.0. The van der Waals surface area contributed by atoms with Crippen LogP contribution in [0.25, 0.3) is 0 Å². The standard InChI is InChI=1S/C16H21ClN2O2.ClH/c17-14-4-2-1-3-13(14)15-11-18-7-8-19(15)16(20)12-5-9-21-10-6-12;/h1-4,12,15,18H,5-11H2;1H. The molecule has 1 amide bonds. The molecule has 2 heterocycles. The Morgan fingerprint density at radius 1 is 1.27 bits per heavy atom. The molecule has 1 aromatic carbocycles. The number of rotatable bonds is 2. The minimum atomic E-state index is 0. The number of hydrogen-bond donors (Lipinski definition) is 1. The quantitative estimate of drug-likeness (QED) is 0.896. The van der Waals surface area contributed by atoms with Gasteiger partial charge in [0.2, 0.25) is 5.91 Å². The van der Waals surface area contributed by atoms with Gasteiger partial charge >= 0.3 is 0 Å². The Bertz CT molecular complexity index is 507. The second-order valence-electron chi connectivity index (χ2n) is 5.66. The maximum atomic E-state index is 12.8. The second-order valence-corrected chi connectivity index (χ2v) is 6.07. The van der Waals surface area contributed by atoms with Gasteiger partial charge in [0.1, 0.15) is 0 Å². The first kappa shape index (κ1) is 17.5. The van der Waals surface area contributed by atoms with E-state index in [2.05, 4.69) is 5.32 Å². The molecule has 122 valence electrons. The maximum absolute atomic E-state index is 12.8. The fourth-order valence-corrected chi connectivity index (χ4v) is 3.43.